The summed E-state index contributed by atoms with van der Waals surface area (Å²) in [6, 6.07) is 14.7. The lowest BCUT2D eigenvalue weighted by Gasteiger charge is -2.12. The highest BCUT2D eigenvalue weighted by Gasteiger charge is 2.34. The van der Waals surface area contributed by atoms with Crippen LogP contribution in [0.25, 0.3) is 17.0 Å². The molecule has 0 radical (unpaired) electrons. The highest BCUT2D eigenvalue weighted by Crippen LogP contribution is 2.36. The minimum Gasteiger partial charge on any atom is -0.454 e. The Morgan fingerprint density at radius 2 is 1.97 bits per heavy atom. The number of carbonyl (C=O) groups excluding carboxylic acids is 3. The molecule has 0 saturated carbocycles. The maximum absolute atomic E-state index is 12.7. The Morgan fingerprint density at radius 3 is 2.84 bits per heavy atom. The van der Waals surface area contributed by atoms with Crippen LogP contribution in [0.3, 0.4) is 0 Å². The fourth-order valence-electron chi connectivity index (χ4n) is 3.42. The fraction of sp³-hybridized carbons (Fsp3) is 0.136. The number of para-hydroxylation sites is 1. The van der Waals surface area contributed by atoms with Crippen molar-refractivity contribution in [2.24, 2.45) is 0 Å². The summed E-state index contributed by atoms with van der Waals surface area (Å²) in [5.41, 5.74) is 2.03. The largest absolute Gasteiger partial charge is 0.454 e. The molecule has 1 fully saturated rings. The molecular weight excluding hydrogens is 418 g/mol. The number of carbonyl (C=O) groups is 3. The fourth-order valence-corrected chi connectivity index (χ4v) is 4.28. The number of hydrogen-bond donors (Lipinski definition) is 2. The van der Waals surface area contributed by atoms with Crippen molar-refractivity contribution < 1.29 is 23.9 Å². The normalized spacial score (nSPS) is 16.5. The van der Waals surface area contributed by atoms with Gasteiger partial charge in [-0.25, -0.2) is 0 Å². The number of aromatic amines is 1. The van der Waals surface area contributed by atoms with Gasteiger partial charge in [0.05, 0.1) is 4.91 Å². The molecule has 0 bridgehead atoms. The molecule has 2 aliphatic rings. The third-order valence-electron chi connectivity index (χ3n) is 4.96. The molecule has 0 unspecified atom stereocenters. The van der Waals surface area contributed by atoms with Crippen LogP contribution in [0.2, 0.25) is 0 Å². The second-order valence-electron chi connectivity index (χ2n) is 6.97. The molecule has 0 atom stereocenters. The summed E-state index contributed by atoms with van der Waals surface area (Å²) < 4.78 is 10.6. The Morgan fingerprint density at radius 1 is 1.13 bits per heavy atom. The molecule has 2 N–H and O–H groups in total. The first-order valence-electron chi connectivity index (χ1n) is 9.59. The molecule has 3 amide bonds. The van der Waals surface area contributed by atoms with E-state index >= 15 is 0 Å². The van der Waals surface area contributed by atoms with Crippen LogP contribution in [-0.4, -0.2) is 46.8 Å². The number of fused-ring (bicyclic) bond motifs is 2. The van der Waals surface area contributed by atoms with Gasteiger partial charge in [0.15, 0.2) is 11.5 Å². The maximum Gasteiger partial charge on any atom is 0.293 e. The number of aromatic nitrogens is 1. The van der Waals surface area contributed by atoms with E-state index in [9.17, 15) is 14.4 Å². The van der Waals surface area contributed by atoms with E-state index < -0.39 is 0 Å². The van der Waals surface area contributed by atoms with Gasteiger partial charge in [0.1, 0.15) is 5.69 Å². The van der Waals surface area contributed by atoms with Crippen LogP contribution >= 0.6 is 11.8 Å². The number of hydrogen-bond acceptors (Lipinski definition) is 6. The van der Waals surface area contributed by atoms with Crippen molar-refractivity contribution in [3.05, 3.63) is 64.7 Å². The van der Waals surface area contributed by atoms with Gasteiger partial charge < -0.3 is 19.8 Å². The van der Waals surface area contributed by atoms with Gasteiger partial charge in [-0.05, 0) is 47.7 Å². The van der Waals surface area contributed by atoms with Crippen molar-refractivity contribution in [1.29, 1.82) is 0 Å². The summed E-state index contributed by atoms with van der Waals surface area (Å²) in [6.07, 6.45) is 1.65. The average molecular weight is 435 g/mol. The van der Waals surface area contributed by atoms with E-state index in [4.69, 9.17) is 9.47 Å². The van der Waals surface area contributed by atoms with Crippen LogP contribution < -0.4 is 14.8 Å². The number of imide groups is 1. The van der Waals surface area contributed by atoms with Gasteiger partial charge >= 0.3 is 0 Å². The zero-order valence-electron chi connectivity index (χ0n) is 16.2. The van der Waals surface area contributed by atoms with Crippen molar-refractivity contribution in [2.45, 2.75) is 0 Å². The molecule has 31 heavy (non-hydrogen) atoms. The van der Waals surface area contributed by atoms with Crippen LogP contribution in [0.5, 0.6) is 11.5 Å². The lowest BCUT2D eigenvalue weighted by molar-refractivity contribution is -0.122. The zero-order valence-corrected chi connectivity index (χ0v) is 17.0. The van der Waals surface area contributed by atoms with Crippen LogP contribution in [0.15, 0.2) is 53.4 Å². The summed E-state index contributed by atoms with van der Waals surface area (Å²) >= 11 is 0.876. The van der Waals surface area contributed by atoms with E-state index in [2.05, 4.69) is 10.3 Å². The van der Waals surface area contributed by atoms with Crippen LogP contribution in [0.1, 0.15) is 16.1 Å². The number of rotatable bonds is 5. The van der Waals surface area contributed by atoms with Gasteiger partial charge in [-0.15, -0.1) is 0 Å². The smallest absolute Gasteiger partial charge is 0.293 e. The van der Waals surface area contributed by atoms with Gasteiger partial charge in [0.25, 0.3) is 17.1 Å². The van der Waals surface area contributed by atoms with Crippen molar-refractivity contribution in [3.8, 4) is 11.5 Å². The van der Waals surface area contributed by atoms with E-state index in [0.29, 0.717) is 22.1 Å². The lowest BCUT2D eigenvalue weighted by Crippen LogP contribution is -2.37. The van der Waals surface area contributed by atoms with E-state index in [-0.39, 0.29) is 36.9 Å². The number of nitrogens with one attached hydrogen (secondary N) is 2. The van der Waals surface area contributed by atoms with Crippen molar-refractivity contribution in [2.75, 3.05) is 19.9 Å². The standard InChI is InChI=1S/C22H17N3O5S/c26-20(16-11-14-3-1-2-4-15(14)24-16)23-7-8-25-21(27)19(31-22(25)28)10-13-5-6-17-18(9-13)30-12-29-17/h1-6,9-11,24H,7-8,12H2,(H,23,26)/b19-10-. The number of thioether (sulfide) groups is 1. The van der Waals surface area contributed by atoms with E-state index in [0.717, 1.165) is 33.1 Å². The number of nitrogens with zero attached hydrogens (tertiary/aromatic N) is 1. The molecule has 2 aromatic carbocycles. The second kappa shape index (κ2) is 7.84. The molecule has 8 nitrogen and oxygen atoms in total. The molecule has 156 valence electrons. The molecular formula is C22H17N3O5S. The number of H-pyrrole nitrogens is 1. The Hall–Kier alpha value is -3.72. The Labute approximate surface area is 181 Å². The summed E-state index contributed by atoms with van der Waals surface area (Å²) in [5.74, 6) is 0.579. The van der Waals surface area contributed by atoms with E-state index in [1.165, 1.54) is 0 Å². The topological polar surface area (TPSA) is 101 Å². The number of benzene rings is 2. The third-order valence-corrected chi connectivity index (χ3v) is 5.87. The minimum atomic E-state index is -0.382. The molecule has 9 heteroatoms. The van der Waals surface area contributed by atoms with E-state index in [1.54, 1.807) is 30.3 Å². The average Bonchev–Trinajstić information content (AvgIpc) is 3.47. The zero-order chi connectivity index (χ0) is 21.4. The van der Waals surface area contributed by atoms with Gasteiger partial charge in [-0.1, -0.05) is 24.3 Å². The van der Waals surface area contributed by atoms with Gasteiger partial charge in [-0.2, -0.15) is 0 Å². The quantitative estimate of drug-likeness (QED) is 0.596. The molecule has 0 aliphatic carbocycles. The highest BCUT2D eigenvalue weighted by molar-refractivity contribution is 8.18. The maximum atomic E-state index is 12.7. The molecule has 5 rings (SSSR count). The first kappa shape index (κ1) is 19.3. The summed E-state index contributed by atoms with van der Waals surface area (Å²) in [7, 11) is 0. The van der Waals surface area contributed by atoms with Gasteiger partial charge in [-0.3, -0.25) is 19.3 Å². The minimum absolute atomic E-state index is 0.0924. The Balaban J connectivity index is 1.21. The number of amides is 3. The monoisotopic (exact) mass is 435 g/mol. The molecule has 3 heterocycles. The third kappa shape index (κ3) is 3.75. The molecule has 3 aromatic rings. The first-order chi connectivity index (χ1) is 15.1. The van der Waals surface area contributed by atoms with Crippen molar-refractivity contribution >= 4 is 45.8 Å². The predicted octanol–water partition coefficient (Wildman–Crippen LogP) is 3.36. The number of ether oxygens (including phenoxy) is 2. The van der Waals surface area contributed by atoms with Crippen molar-refractivity contribution in [1.82, 2.24) is 15.2 Å². The second-order valence-corrected chi connectivity index (χ2v) is 7.97. The van der Waals surface area contributed by atoms with Crippen LogP contribution in [0.4, 0.5) is 4.79 Å². The van der Waals surface area contributed by atoms with Gasteiger partial charge in [0.2, 0.25) is 6.79 Å². The molecule has 2 aliphatic heterocycles. The summed E-state index contributed by atoms with van der Waals surface area (Å²) in [4.78, 5) is 41.8. The van der Waals surface area contributed by atoms with Crippen LogP contribution in [-0.2, 0) is 4.79 Å². The van der Waals surface area contributed by atoms with Gasteiger partial charge in [0, 0.05) is 24.0 Å². The SMILES string of the molecule is O=C(NCCN1C(=O)S/C(=C\c2ccc3c(c2)OCO3)C1=O)c1cc2ccccc2[nH]1. The molecule has 1 aromatic heterocycles. The molecule has 1 saturated heterocycles. The predicted molar refractivity (Wildman–Crippen MR) is 116 cm³/mol. The molecule has 0 spiro atoms. The van der Waals surface area contributed by atoms with E-state index in [1.807, 2.05) is 24.3 Å². The highest BCUT2D eigenvalue weighted by atomic mass is 32.2. The lowest BCUT2D eigenvalue weighted by atomic mass is 10.2. The van der Waals surface area contributed by atoms with Crippen molar-refractivity contribution in [3.63, 3.8) is 0 Å². The Bertz CT molecular complexity index is 1220. The summed E-state index contributed by atoms with van der Waals surface area (Å²) in [6.45, 7) is 0.415. The first-order valence-corrected chi connectivity index (χ1v) is 10.4. The summed E-state index contributed by atoms with van der Waals surface area (Å²) in [5, 5.41) is 3.32. The van der Waals surface area contributed by atoms with Crippen LogP contribution in [0, 0.1) is 0 Å². The Kier molecular flexibility index (Phi) is 4.87.